The van der Waals surface area contributed by atoms with Crippen LogP contribution in [0.3, 0.4) is 0 Å². The first-order chi connectivity index (χ1) is 17.6. The molecule has 1 aliphatic heterocycles. The lowest BCUT2D eigenvalue weighted by molar-refractivity contribution is 0.116. The molecule has 7 heteroatoms. The summed E-state index contributed by atoms with van der Waals surface area (Å²) in [6.07, 6.45) is 18.8. The van der Waals surface area contributed by atoms with E-state index in [-0.39, 0.29) is 0 Å². The Kier molecular flexibility index (Phi) is 21.6. The van der Waals surface area contributed by atoms with E-state index in [0.29, 0.717) is 0 Å². The first kappa shape index (κ1) is 34.0. The second kappa shape index (κ2) is 22.9. The van der Waals surface area contributed by atoms with Gasteiger partial charge < -0.3 is 23.1 Å². The highest BCUT2D eigenvalue weighted by molar-refractivity contribution is 6.60. The minimum absolute atomic E-state index is 0.927. The Bertz CT molecular complexity index is 454. The largest absolute Gasteiger partial charge is 0.500 e. The Morgan fingerprint density at radius 3 is 1.47 bits per heavy atom. The van der Waals surface area contributed by atoms with E-state index in [1.165, 1.54) is 142 Å². The van der Waals surface area contributed by atoms with Gasteiger partial charge in [0.15, 0.2) is 0 Å². The van der Waals surface area contributed by atoms with Gasteiger partial charge in [-0.2, -0.15) is 0 Å². The van der Waals surface area contributed by atoms with E-state index >= 15 is 0 Å². The molecule has 216 valence electrons. The molecule has 0 aromatic rings. The summed E-state index contributed by atoms with van der Waals surface area (Å²) in [6, 6.07) is 0.927. The fourth-order valence-corrected chi connectivity index (χ4v) is 7.11. The normalized spacial score (nSPS) is 15.8. The maximum atomic E-state index is 5.51. The SMILES string of the molecule is CCCCCCN(CCCCCC)CCN1CCN(CCCCCCCC[Si](OC)(OC)OC)CC1. The molecule has 1 rings (SSSR count). The zero-order chi connectivity index (χ0) is 26.3. The van der Waals surface area contributed by atoms with Crippen molar-refractivity contribution < 1.29 is 13.3 Å². The molecule has 6 nitrogen and oxygen atoms in total. The zero-order valence-electron chi connectivity index (χ0n) is 25.0. The summed E-state index contributed by atoms with van der Waals surface area (Å²) in [4.78, 5) is 8.17. The van der Waals surface area contributed by atoms with Gasteiger partial charge in [-0.25, -0.2) is 0 Å². The van der Waals surface area contributed by atoms with Gasteiger partial charge in [-0.05, 0) is 45.3 Å². The summed E-state index contributed by atoms with van der Waals surface area (Å²) >= 11 is 0. The quantitative estimate of drug-likeness (QED) is 0.102. The second-order valence-electron chi connectivity index (χ2n) is 10.8. The Balaban J connectivity index is 2.10. The third-order valence-corrected chi connectivity index (χ3v) is 10.8. The van der Waals surface area contributed by atoms with Gasteiger partial charge in [0.1, 0.15) is 0 Å². The molecular weight excluding hydrogens is 466 g/mol. The number of hydrogen-bond acceptors (Lipinski definition) is 6. The minimum Gasteiger partial charge on any atom is -0.377 e. The van der Waals surface area contributed by atoms with E-state index in [0.717, 1.165) is 12.5 Å². The number of piperazine rings is 1. The Morgan fingerprint density at radius 1 is 0.528 bits per heavy atom. The van der Waals surface area contributed by atoms with Crippen LogP contribution in [0.4, 0.5) is 0 Å². The van der Waals surface area contributed by atoms with Crippen LogP contribution in [0.15, 0.2) is 0 Å². The van der Waals surface area contributed by atoms with E-state index < -0.39 is 8.80 Å². The summed E-state index contributed by atoms with van der Waals surface area (Å²) in [5.74, 6) is 0. The van der Waals surface area contributed by atoms with Crippen molar-refractivity contribution in [3.05, 3.63) is 0 Å². The van der Waals surface area contributed by atoms with Crippen LogP contribution in [0.25, 0.3) is 0 Å². The molecular formula is C29H63N3O3Si. The molecule has 0 saturated carbocycles. The molecule has 0 atom stereocenters. The van der Waals surface area contributed by atoms with Crippen LogP contribution in [0.2, 0.25) is 6.04 Å². The minimum atomic E-state index is -2.37. The van der Waals surface area contributed by atoms with E-state index in [1.807, 2.05) is 0 Å². The lowest BCUT2D eigenvalue weighted by Crippen LogP contribution is -2.48. The van der Waals surface area contributed by atoms with Crippen molar-refractivity contribution in [3.8, 4) is 0 Å². The third-order valence-electron chi connectivity index (χ3n) is 7.99. The molecule has 1 fully saturated rings. The summed E-state index contributed by atoms with van der Waals surface area (Å²) in [5, 5.41) is 0. The summed E-state index contributed by atoms with van der Waals surface area (Å²) in [7, 11) is 2.76. The van der Waals surface area contributed by atoms with Crippen molar-refractivity contribution in [2.45, 2.75) is 110 Å². The Hall–Kier alpha value is -0.0231. The van der Waals surface area contributed by atoms with Crippen molar-refractivity contribution in [3.63, 3.8) is 0 Å². The van der Waals surface area contributed by atoms with Crippen LogP contribution in [-0.4, -0.2) is 104 Å². The maximum absolute atomic E-state index is 5.51. The molecule has 1 aliphatic rings. The van der Waals surface area contributed by atoms with Gasteiger partial charge in [-0.3, -0.25) is 4.90 Å². The highest BCUT2D eigenvalue weighted by atomic mass is 28.4. The van der Waals surface area contributed by atoms with Crippen molar-refractivity contribution in [2.24, 2.45) is 0 Å². The predicted octanol–water partition coefficient (Wildman–Crippen LogP) is 6.29. The van der Waals surface area contributed by atoms with Crippen molar-refractivity contribution in [1.29, 1.82) is 0 Å². The smallest absolute Gasteiger partial charge is 0.377 e. The number of hydrogen-bond donors (Lipinski definition) is 0. The van der Waals surface area contributed by atoms with Gasteiger partial charge in [0.2, 0.25) is 0 Å². The van der Waals surface area contributed by atoms with Crippen LogP contribution in [0.5, 0.6) is 0 Å². The molecule has 0 amide bonds. The lowest BCUT2D eigenvalue weighted by atomic mass is 10.1. The topological polar surface area (TPSA) is 37.4 Å². The van der Waals surface area contributed by atoms with Crippen LogP contribution in [-0.2, 0) is 13.3 Å². The molecule has 0 radical (unpaired) electrons. The molecule has 0 N–H and O–H groups in total. The van der Waals surface area contributed by atoms with Crippen molar-refractivity contribution >= 4 is 8.80 Å². The molecule has 0 aliphatic carbocycles. The third kappa shape index (κ3) is 16.1. The van der Waals surface area contributed by atoms with Gasteiger partial charge in [-0.1, -0.05) is 78.1 Å². The highest BCUT2D eigenvalue weighted by Gasteiger charge is 2.36. The van der Waals surface area contributed by atoms with Crippen LogP contribution < -0.4 is 0 Å². The highest BCUT2D eigenvalue weighted by Crippen LogP contribution is 2.18. The Morgan fingerprint density at radius 2 is 0.972 bits per heavy atom. The van der Waals surface area contributed by atoms with Gasteiger partial charge in [0.05, 0.1) is 0 Å². The van der Waals surface area contributed by atoms with E-state index in [9.17, 15) is 0 Å². The number of unbranched alkanes of at least 4 members (excludes halogenated alkanes) is 11. The predicted molar refractivity (Wildman–Crippen MR) is 157 cm³/mol. The van der Waals surface area contributed by atoms with Gasteiger partial charge in [-0.15, -0.1) is 0 Å². The second-order valence-corrected chi connectivity index (χ2v) is 13.9. The van der Waals surface area contributed by atoms with Gasteiger partial charge in [0.25, 0.3) is 0 Å². The molecule has 36 heavy (non-hydrogen) atoms. The van der Waals surface area contributed by atoms with Crippen molar-refractivity contribution in [2.75, 3.05) is 80.2 Å². The first-order valence-corrected chi connectivity index (χ1v) is 17.4. The van der Waals surface area contributed by atoms with E-state index in [4.69, 9.17) is 13.3 Å². The first-order valence-electron chi connectivity index (χ1n) is 15.5. The average molecular weight is 530 g/mol. The molecule has 0 unspecified atom stereocenters. The number of nitrogens with zero attached hydrogens (tertiary/aromatic N) is 3. The lowest BCUT2D eigenvalue weighted by Gasteiger charge is -2.36. The van der Waals surface area contributed by atoms with Crippen LogP contribution in [0.1, 0.15) is 104 Å². The van der Waals surface area contributed by atoms with E-state index in [1.54, 1.807) is 21.3 Å². The molecule has 0 spiro atoms. The van der Waals surface area contributed by atoms with Gasteiger partial charge >= 0.3 is 8.80 Å². The number of rotatable bonds is 25. The zero-order valence-corrected chi connectivity index (χ0v) is 26.0. The summed E-state index contributed by atoms with van der Waals surface area (Å²) < 4.78 is 16.5. The van der Waals surface area contributed by atoms with Crippen LogP contribution >= 0.6 is 0 Å². The maximum Gasteiger partial charge on any atom is 0.500 e. The molecule has 1 heterocycles. The van der Waals surface area contributed by atoms with Crippen LogP contribution in [0, 0.1) is 0 Å². The Labute approximate surface area is 226 Å². The molecule has 0 aromatic heterocycles. The average Bonchev–Trinajstić information content (AvgIpc) is 2.92. The molecule has 0 aromatic carbocycles. The monoisotopic (exact) mass is 529 g/mol. The fourth-order valence-electron chi connectivity index (χ4n) is 5.32. The molecule has 0 bridgehead atoms. The summed E-state index contributed by atoms with van der Waals surface area (Å²) in [5.41, 5.74) is 0. The van der Waals surface area contributed by atoms with Crippen molar-refractivity contribution in [1.82, 2.24) is 14.7 Å². The van der Waals surface area contributed by atoms with Gasteiger partial charge in [0, 0.05) is 66.6 Å². The standard InChI is InChI=1S/C29H63N3O3Si/c1-6-8-10-16-20-30(21-17-11-9-7-2)23-26-32-27-24-31(25-28-32)22-18-14-12-13-15-19-29-36(33-3,34-4)35-5/h6-29H2,1-5H3. The van der Waals surface area contributed by atoms with E-state index in [2.05, 4.69) is 28.5 Å². The summed E-state index contributed by atoms with van der Waals surface area (Å²) in [6.45, 7) is 16.0. The fraction of sp³-hybridized carbons (Fsp3) is 1.00. The molecule has 1 saturated heterocycles.